The predicted molar refractivity (Wildman–Crippen MR) is 178 cm³/mol. The molecule has 2 aromatic carbocycles. The smallest absolute Gasteiger partial charge is 0.322 e. The van der Waals surface area contributed by atoms with Gasteiger partial charge in [0.1, 0.15) is 34.6 Å². The van der Waals surface area contributed by atoms with Crippen LogP contribution in [-0.4, -0.2) is 94.8 Å². The topological polar surface area (TPSA) is 209 Å². The van der Waals surface area contributed by atoms with Crippen LogP contribution in [0.1, 0.15) is 48.2 Å². The van der Waals surface area contributed by atoms with Gasteiger partial charge in [-0.2, -0.15) is 0 Å². The number of allylic oxidation sites excluding steroid dienone is 1. The molecule has 0 aromatic heterocycles. The van der Waals surface area contributed by atoms with E-state index in [9.17, 15) is 39.6 Å². The zero-order valence-electron chi connectivity index (χ0n) is 28.4. The van der Waals surface area contributed by atoms with Crippen LogP contribution in [0, 0.1) is 17.8 Å². The quantitative estimate of drug-likeness (QED) is 0.158. The SMILES string of the molecule is COC(=O)C(CC(C)C)NCc1ccc(OC)c(-c2ccc(O)c3c2CC2CC4C(N(C)C)C(O)=C(C(N)=O)C(=O)C4(O)C(O)=C2C3=O)c1. The van der Waals surface area contributed by atoms with Gasteiger partial charge in [-0.05, 0) is 80.1 Å². The van der Waals surface area contributed by atoms with Gasteiger partial charge in [-0.25, -0.2) is 0 Å². The lowest BCUT2D eigenvalue weighted by Gasteiger charge is -2.50. The van der Waals surface area contributed by atoms with E-state index in [0.717, 1.165) is 5.56 Å². The van der Waals surface area contributed by atoms with E-state index in [4.69, 9.17) is 15.2 Å². The van der Waals surface area contributed by atoms with Crippen molar-refractivity contribution in [3.05, 3.63) is 69.7 Å². The van der Waals surface area contributed by atoms with E-state index < -0.39 is 64.1 Å². The largest absolute Gasteiger partial charge is 0.510 e. The minimum Gasteiger partial charge on any atom is -0.510 e. The number of amides is 1. The van der Waals surface area contributed by atoms with Crippen LogP contribution >= 0.6 is 0 Å². The summed E-state index contributed by atoms with van der Waals surface area (Å²) in [5, 5.41) is 48.8. The summed E-state index contributed by atoms with van der Waals surface area (Å²) in [5.41, 5.74) is 3.95. The fourth-order valence-corrected chi connectivity index (χ4v) is 7.70. The molecule has 0 saturated carbocycles. The van der Waals surface area contributed by atoms with Crippen LogP contribution in [0.2, 0.25) is 0 Å². The molecule has 13 nitrogen and oxygen atoms in total. The van der Waals surface area contributed by atoms with E-state index in [1.807, 2.05) is 26.0 Å². The first-order valence-corrected chi connectivity index (χ1v) is 16.1. The molecule has 0 bridgehead atoms. The average molecular weight is 678 g/mol. The number of aliphatic hydroxyl groups is 3. The van der Waals surface area contributed by atoms with Crippen molar-refractivity contribution in [1.82, 2.24) is 10.2 Å². The van der Waals surface area contributed by atoms with Gasteiger partial charge in [0.15, 0.2) is 11.4 Å². The second-order valence-corrected chi connectivity index (χ2v) is 13.6. The van der Waals surface area contributed by atoms with Crippen LogP contribution in [0.15, 0.2) is 53.0 Å². The Hall–Kier alpha value is -4.72. The van der Waals surface area contributed by atoms with Crippen molar-refractivity contribution in [2.75, 3.05) is 28.3 Å². The molecule has 5 atom stereocenters. The summed E-state index contributed by atoms with van der Waals surface area (Å²) in [4.78, 5) is 53.9. The van der Waals surface area contributed by atoms with E-state index in [0.29, 0.717) is 35.4 Å². The third-order valence-electron chi connectivity index (χ3n) is 9.91. The zero-order chi connectivity index (χ0) is 36.1. The van der Waals surface area contributed by atoms with Gasteiger partial charge >= 0.3 is 5.97 Å². The van der Waals surface area contributed by atoms with Gasteiger partial charge in [0, 0.05) is 23.6 Å². The monoisotopic (exact) mass is 677 g/mol. The molecule has 0 spiro atoms. The number of hydrogen-bond acceptors (Lipinski definition) is 12. The maximum absolute atomic E-state index is 14.2. The van der Waals surface area contributed by atoms with Crippen LogP contribution in [-0.2, 0) is 32.1 Å². The number of carbonyl (C=O) groups is 4. The molecule has 5 unspecified atom stereocenters. The van der Waals surface area contributed by atoms with Crippen LogP contribution in [0.5, 0.6) is 11.5 Å². The number of hydrogen-bond donors (Lipinski definition) is 6. The number of ether oxygens (including phenoxy) is 2. The van der Waals surface area contributed by atoms with Gasteiger partial charge in [-0.3, -0.25) is 24.1 Å². The number of esters is 1. The van der Waals surface area contributed by atoms with Gasteiger partial charge in [0.2, 0.25) is 5.78 Å². The zero-order valence-corrected chi connectivity index (χ0v) is 28.4. The van der Waals surface area contributed by atoms with Crippen molar-refractivity contribution in [2.24, 2.45) is 23.5 Å². The molecule has 262 valence electrons. The summed E-state index contributed by atoms with van der Waals surface area (Å²) >= 11 is 0. The van der Waals surface area contributed by atoms with Gasteiger partial charge in [-0.15, -0.1) is 0 Å². The molecule has 49 heavy (non-hydrogen) atoms. The summed E-state index contributed by atoms with van der Waals surface area (Å²) in [6.45, 7) is 4.34. The van der Waals surface area contributed by atoms with Gasteiger partial charge in [0.05, 0.1) is 25.8 Å². The number of aliphatic hydroxyl groups excluding tert-OH is 2. The van der Waals surface area contributed by atoms with Crippen molar-refractivity contribution < 1.29 is 49.1 Å². The van der Waals surface area contributed by atoms with Crippen molar-refractivity contribution >= 4 is 23.4 Å². The number of likely N-dealkylation sites (N-methyl/N-ethyl adjacent to an activating group) is 1. The normalized spacial score (nSPS) is 24.1. The second-order valence-electron chi connectivity index (χ2n) is 13.6. The Kier molecular flexibility index (Phi) is 9.66. The van der Waals surface area contributed by atoms with Crippen LogP contribution < -0.4 is 15.8 Å². The van der Waals surface area contributed by atoms with Gasteiger partial charge < -0.3 is 41.0 Å². The molecule has 3 aliphatic rings. The molecule has 2 aromatic rings. The van der Waals surface area contributed by atoms with E-state index in [2.05, 4.69) is 5.32 Å². The number of methoxy groups -OCH3 is 2. The van der Waals surface area contributed by atoms with E-state index >= 15 is 0 Å². The first kappa shape index (κ1) is 35.6. The lowest BCUT2D eigenvalue weighted by molar-refractivity contribution is -0.148. The molecule has 3 aliphatic carbocycles. The number of primary amides is 1. The van der Waals surface area contributed by atoms with Gasteiger partial charge in [-0.1, -0.05) is 26.0 Å². The molecule has 7 N–H and O–H groups in total. The summed E-state index contributed by atoms with van der Waals surface area (Å²) in [6, 6.07) is 6.88. The highest BCUT2D eigenvalue weighted by Crippen LogP contribution is 2.53. The molecular weight excluding hydrogens is 634 g/mol. The summed E-state index contributed by atoms with van der Waals surface area (Å²) < 4.78 is 10.7. The Morgan fingerprint density at radius 2 is 1.78 bits per heavy atom. The number of nitrogens with one attached hydrogen (secondary N) is 1. The lowest BCUT2D eigenvalue weighted by atomic mass is 9.58. The number of Topliss-reactive ketones (excluding diaryl/α,β-unsaturated/α-hetero) is 2. The summed E-state index contributed by atoms with van der Waals surface area (Å²) in [5.74, 6) is -6.80. The Bertz CT molecular complexity index is 1790. The number of phenolic OH excluding ortho intramolecular Hbond substituents is 1. The highest BCUT2D eigenvalue weighted by molar-refractivity contribution is 6.25. The third kappa shape index (κ3) is 5.85. The molecule has 0 heterocycles. The van der Waals surface area contributed by atoms with Gasteiger partial charge in [0.25, 0.3) is 5.91 Å². The molecule has 5 rings (SSSR count). The number of aromatic hydroxyl groups is 1. The van der Waals surface area contributed by atoms with E-state index in [1.54, 1.807) is 26.2 Å². The minimum absolute atomic E-state index is 0.0350. The standard InChI is InChI=1S/C36H43N3O10/c1-16(2)11-23(35(46)49-6)38-15-17-7-10-25(48-5)20(12-17)19-8-9-24(40)27-21(19)13-18-14-22-29(39(3)4)31(42)28(34(37)45)33(44)36(22,47)32(43)26(18)30(27)41/h7-10,12,16,18,22-23,29,38,40,42-43,47H,11,13-15H2,1-6H3,(H2,37,45). The van der Waals surface area contributed by atoms with E-state index in [1.165, 1.54) is 25.2 Å². The maximum atomic E-state index is 14.2. The Morgan fingerprint density at radius 3 is 2.37 bits per heavy atom. The van der Waals surface area contributed by atoms with Crippen molar-refractivity contribution in [1.29, 1.82) is 0 Å². The van der Waals surface area contributed by atoms with Crippen molar-refractivity contribution in [3.8, 4) is 22.6 Å². The molecule has 0 saturated heterocycles. The maximum Gasteiger partial charge on any atom is 0.322 e. The summed E-state index contributed by atoms with van der Waals surface area (Å²) in [6.07, 6.45) is 0.649. The lowest BCUT2D eigenvalue weighted by Crippen LogP contribution is -2.63. The number of phenols is 1. The molecular formula is C36H43N3O10. The van der Waals surface area contributed by atoms with Crippen LogP contribution in [0.25, 0.3) is 11.1 Å². The Labute approximate surface area is 284 Å². The Morgan fingerprint density at radius 1 is 1.08 bits per heavy atom. The van der Waals surface area contributed by atoms with Crippen molar-refractivity contribution in [2.45, 2.75) is 57.3 Å². The highest BCUT2D eigenvalue weighted by Gasteiger charge is 2.63. The fourth-order valence-electron chi connectivity index (χ4n) is 7.70. The molecule has 0 aliphatic heterocycles. The number of carbonyl (C=O) groups excluding carboxylic acids is 4. The highest BCUT2D eigenvalue weighted by atomic mass is 16.5. The van der Waals surface area contributed by atoms with Crippen LogP contribution in [0.3, 0.4) is 0 Å². The summed E-state index contributed by atoms with van der Waals surface area (Å²) in [7, 11) is 6.00. The molecule has 1 amide bonds. The number of rotatable bonds is 10. The molecule has 0 radical (unpaired) electrons. The minimum atomic E-state index is -2.72. The average Bonchev–Trinajstić information content (AvgIpc) is 3.03. The third-order valence-corrected chi connectivity index (χ3v) is 9.91. The van der Waals surface area contributed by atoms with Crippen molar-refractivity contribution in [3.63, 3.8) is 0 Å². The fraction of sp³-hybridized carbons (Fsp3) is 0.444. The number of ketones is 2. The number of fused-ring (bicyclic) bond motifs is 3. The number of nitrogens with zero attached hydrogens (tertiary/aromatic N) is 1. The number of nitrogens with two attached hydrogens (primary N) is 1. The Balaban J connectivity index is 1.61. The number of benzene rings is 2. The molecule has 13 heteroatoms. The first-order valence-electron chi connectivity index (χ1n) is 16.1. The second kappa shape index (κ2) is 13.3. The first-order chi connectivity index (χ1) is 23.1. The molecule has 0 fully saturated rings. The predicted octanol–water partition coefficient (Wildman–Crippen LogP) is 2.47. The van der Waals surface area contributed by atoms with Crippen LogP contribution in [0.4, 0.5) is 0 Å². The van der Waals surface area contributed by atoms with E-state index in [-0.39, 0.29) is 41.6 Å².